The van der Waals surface area contributed by atoms with Gasteiger partial charge >= 0.3 is 5.97 Å². The number of carbonyl (C=O) groups is 1. The van der Waals surface area contributed by atoms with Crippen LogP contribution >= 0.6 is 0 Å². The average Bonchev–Trinajstić information content (AvgIpc) is 2.62. The van der Waals surface area contributed by atoms with Crippen LogP contribution in [-0.2, 0) is 9.53 Å². The number of carbonyl (C=O) groups excluding carboxylic acids is 1. The van der Waals surface area contributed by atoms with E-state index in [0.29, 0.717) is 5.92 Å². The number of methoxy groups -OCH3 is 1. The van der Waals surface area contributed by atoms with Crippen LogP contribution in [0.4, 0.5) is 0 Å². The molecule has 1 fully saturated rings. The molecule has 0 saturated heterocycles. The van der Waals surface area contributed by atoms with Crippen molar-refractivity contribution in [2.75, 3.05) is 13.7 Å². The molecule has 2 N–H and O–H groups in total. The van der Waals surface area contributed by atoms with Crippen LogP contribution in [0.25, 0.3) is 0 Å². The third-order valence-electron chi connectivity index (χ3n) is 2.89. The van der Waals surface area contributed by atoms with Crippen LogP contribution in [0.5, 0.6) is 0 Å². The van der Waals surface area contributed by atoms with Gasteiger partial charge in [-0.3, -0.25) is 4.79 Å². The van der Waals surface area contributed by atoms with Gasteiger partial charge in [-0.1, -0.05) is 0 Å². The highest BCUT2D eigenvalue weighted by molar-refractivity contribution is 5.72. The first-order valence-electron chi connectivity index (χ1n) is 5.05. The monoisotopic (exact) mass is 185 g/mol. The zero-order valence-electron chi connectivity index (χ0n) is 8.29. The number of ether oxygens (including phenoxy) is 1. The molecular formula is C10H19NO2. The molecule has 0 aromatic carbocycles. The molecule has 3 nitrogen and oxygen atoms in total. The Morgan fingerprint density at radius 2 is 2.31 bits per heavy atom. The van der Waals surface area contributed by atoms with E-state index in [1.165, 1.54) is 20.0 Å². The minimum atomic E-state index is -0.0322. The maximum atomic E-state index is 11.2. The normalized spacial score (nSPS) is 27.5. The summed E-state index contributed by atoms with van der Waals surface area (Å²) >= 11 is 0. The highest BCUT2D eigenvalue weighted by Crippen LogP contribution is 2.34. The van der Waals surface area contributed by atoms with Crippen LogP contribution in [0, 0.1) is 11.8 Å². The molecule has 2 unspecified atom stereocenters. The van der Waals surface area contributed by atoms with E-state index in [9.17, 15) is 4.79 Å². The van der Waals surface area contributed by atoms with Crippen LogP contribution in [0.3, 0.4) is 0 Å². The Morgan fingerprint density at radius 3 is 2.92 bits per heavy atom. The molecule has 0 aromatic rings. The largest absolute Gasteiger partial charge is 0.469 e. The SMILES string of the molecule is COC(=O)C1CCC(CCCN)C1. The second-order valence-corrected chi connectivity index (χ2v) is 3.83. The van der Waals surface area contributed by atoms with Crippen LogP contribution in [0.1, 0.15) is 32.1 Å². The van der Waals surface area contributed by atoms with Crippen LogP contribution in [0.15, 0.2) is 0 Å². The summed E-state index contributed by atoms with van der Waals surface area (Å²) in [5, 5.41) is 0. The van der Waals surface area contributed by atoms with Gasteiger partial charge in [0.1, 0.15) is 0 Å². The fourth-order valence-corrected chi connectivity index (χ4v) is 2.12. The maximum Gasteiger partial charge on any atom is 0.308 e. The van der Waals surface area contributed by atoms with E-state index in [4.69, 9.17) is 10.5 Å². The van der Waals surface area contributed by atoms with Gasteiger partial charge in [0.05, 0.1) is 13.0 Å². The molecule has 0 bridgehead atoms. The molecule has 0 aliphatic heterocycles. The molecule has 1 rings (SSSR count). The summed E-state index contributed by atoms with van der Waals surface area (Å²) in [6, 6.07) is 0. The molecule has 0 amide bonds. The maximum absolute atomic E-state index is 11.2. The first-order chi connectivity index (χ1) is 6.27. The van der Waals surface area contributed by atoms with Crippen molar-refractivity contribution in [1.82, 2.24) is 0 Å². The average molecular weight is 185 g/mol. The fraction of sp³-hybridized carbons (Fsp3) is 0.900. The quantitative estimate of drug-likeness (QED) is 0.672. The standard InChI is InChI=1S/C10H19NO2/c1-13-10(12)9-5-4-8(7-9)3-2-6-11/h8-9H,2-7,11H2,1H3. The lowest BCUT2D eigenvalue weighted by molar-refractivity contribution is -0.145. The zero-order chi connectivity index (χ0) is 9.68. The molecule has 0 radical (unpaired) electrons. The van der Waals surface area contributed by atoms with E-state index in [-0.39, 0.29) is 11.9 Å². The van der Waals surface area contributed by atoms with Crippen molar-refractivity contribution in [3.63, 3.8) is 0 Å². The van der Waals surface area contributed by atoms with Crippen molar-refractivity contribution < 1.29 is 9.53 Å². The summed E-state index contributed by atoms with van der Waals surface area (Å²) in [6.45, 7) is 0.763. The number of nitrogens with two attached hydrogens (primary N) is 1. The van der Waals surface area contributed by atoms with Gasteiger partial charge in [-0.05, 0) is 44.6 Å². The van der Waals surface area contributed by atoms with Crippen molar-refractivity contribution in [3.8, 4) is 0 Å². The van der Waals surface area contributed by atoms with Crippen molar-refractivity contribution in [1.29, 1.82) is 0 Å². The summed E-state index contributed by atoms with van der Waals surface area (Å²) in [4.78, 5) is 11.2. The van der Waals surface area contributed by atoms with Gasteiger partial charge in [0.25, 0.3) is 0 Å². The third-order valence-corrected chi connectivity index (χ3v) is 2.89. The van der Waals surface area contributed by atoms with Crippen molar-refractivity contribution >= 4 is 5.97 Å². The molecule has 0 heterocycles. The summed E-state index contributed by atoms with van der Waals surface area (Å²) in [7, 11) is 1.47. The lowest BCUT2D eigenvalue weighted by Gasteiger charge is -2.08. The van der Waals surface area contributed by atoms with Crippen molar-refractivity contribution in [3.05, 3.63) is 0 Å². The van der Waals surface area contributed by atoms with Gasteiger partial charge < -0.3 is 10.5 Å². The van der Waals surface area contributed by atoms with Crippen molar-refractivity contribution in [2.45, 2.75) is 32.1 Å². The van der Waals surface area contributed by atoms with Crippen LogP contribution < -0.4 is 5.73 Å². The first kappa shape index (κ1) is 10.5. The van der Waals surface area contributed by atoms with Crippen molar-refractivity contribution in [2.24, 2.45) is 17.6 Å². The van der Waals surface area contributed by atoms with E-state index >= 15 is 0 Å². The second kappa shape index (κ2) is 5.22. The number of hydrogen-bond donors (Lipinski definition) is 1. The number of hydrogen-bond acceptors (Lipinski definition) is 3. The summed E-state index contributed by atoms with van der Waals surface area (Å²) < 4.78 is 4.72. The van der Waals surface area contributed by atoms with Gasteiger partial charge in [-0.2, -0.15) is 0 Å². The molecule has 1 saturated carbocycles. The van der Waals surface area contributed by atoms with E-state index in [0.717, 1.165) is 25.8 Å². The molecule has 0 aromatic heterocycles. The molecule has 0 spiro atoms. The van der Waals surface area contributed by atoms with Gasteiger partial charge in [-0.15, -0.1) is 0 Å². The van der Waals surface area contributed by atoms with Crippen LogP contribution in [0.2, 0.25) is 0 Å². The van der Waals surface area contributed by atoms with Gasteiger partial charge in [0.15, 0.2) is 0 Å². The minimum Gasteiger partial charge on any atom is -0.469 e. The number of esters is 1. The molecule has 1 aliphatic carbocycles. The molecule has 1 aliphatic rings. The van der Waals surface area contributed by atoms with E-state index in [2.05, 4.69) is 0 Å². The summed E-state index contributed by atoms with van der Waals surface area (Å²) in [5.74, 6) is 0.829. The topological polar surface area (TPSA) is 52.3 Å². The number of rotatable bonds is 4. The predicted octanol–water partition coefficient (Wildman–Crippen LogP) is 1.31. The Labute approximate surface area is 79.6 Å². The third kappa shape index (κ3) is 2.99. The first-order valence-corrected chi connectivity index (χ1v) is 5.05. The zero-order valence-corrected chi connectivity index (χ0v) is 8.29. The molecule has 3 heteroatoms. The molecular weight excluding hydrogens is 166 g/mol. The summed E-state index contributed by atoms with van der Waals surface area (Å²) in [6.07, 6.45) is 5.43. The van der Waals surface area contributed by atoms with Crippen LogP contribution in [-0.4, -0.2) is 19.6 Å². The predicted molar refractivity (Wildman–Crippen MR) is 51.1 cm³/mol. The Hall–Kier alpha value is -0.570. The van der Waals surface area contributed by atoms with Gasteiger partial charge in [-0.25, -0.2) is 0 Å². The highest BCUT2D eigenvalue weighted by atomic mass is 16.5. The van der Waals surface area contributed by atoms with Gasteiger partial charge in [0.2, 0.25) is 0 Å². The lowest BCUT2D eigenvalue weighted by Crippen LogP contribution is -2.13. The highest BCUT2D eigenvalue weighted by Gasteiger charge is 2.29. The Bertz CT molecular complexity index is 170. The molecule has 13 heavy (non-hydrogen) atoms. The lowest BCUT2D eigenvalue weighted by atomic mass is 10.00. The van der Waals surface area contributed by atoms with E-state index < -0.39 is 0 Å². The van der Waals surface area contributed by atoms with E-state index in [1.54, 1.807) is 0 Å². The smallest absolute Gasteiger partial charge is 0.308 e. The Kier molecular flexibility index (Phi) is 4.22. The Morgan fingerprint density at radius 1 is 1.54 bits per heavy atom. The minimum absolute atomic E-state index is 0.0322. The second-order valence-electron chi connectivity index (χ2n) is 3.83. The summed E-state index contributed by atoms with van der Waals surface area (Å²) in [5.41, 5.74) is 5.44. The molecule has 2 atom stereocenters. The van der Waals surface area contributed by atoms with Gasteiger partial charge in [0, 0.05) is 0 Å². The molecule has 76 valence electrons. The van der Waals surface area contributed by atoms with E-state index in [1.807, 2.05) is 0 Å². The fourth-order valence-electron chi connectivity index (χ4n) is 2.12. The Balaban J connectivity index is 2.23.